The highest BCUT2D eigenvalue weighted by Crippen LogP contribution is 2.22. The number of nitrogens with one attached hydrogen (secondary N) is 2. The Morgan fingerprint density at radius 1 is 1.04 bits per heavy atom. The highest BCUT2D eigenvalue weighted by Gasteiger charge is 2.15. The quantitative estimate of drug-likeness (QED) is 0.492. The monoisotopic (exact) mass is 357 g/mol. The molecule has 2 aromatic rings. The van der Waals surface area contributed by atoms with Gasteiger partial charge in [0.05, 0.1) is 4.92 Å². The Hall–Kier alpha value is -2.80. The fourth-order valence-electron chi connectivity index (χ4n) is 2.13. The van der Waals surface area contributed by atoms with Gasteiger partial charge in [0.1, 0.15) is 0 Å². The molecule has 2 rings (SSSR count). The van der Waals surface area contributed by atoms with Crippen LogP contribution >= 0.6 is 12.2 Å². The van der Waals surface area contributed by atoms with E-state index in [-0.39, 0.29) is 22.1 Å². The minimum Gasteiger partial charge on any atom is -0.332 e. The molecule has 1 amide bonds. The maximum atomic E-state index is 12.2. The molecular weight excluding hydrogens is 338 g/mol. The van der Waals surface area contributed by atoms with Crippen LogP contribution in [-0.4, -0.2) is 15.9 Å². The van der Waals surface area contributed by atoms with E-state index in [2.05, 4.69) is 31.4 Å². The number of amides is 1. The van der Waals surface area contributed by atoms with Gasteiger partial charge in [-0.15, -0.1) is 0 Å². The zero-order valence-corrected chi connectivity index (χ0v) is 15.0. The normalized spacial score (nSPS) is 10.8. The second-order valence-corrected chi connectivity index (χ2v) is 6.95. The van der Waals surface area contributed by atoms with Gasteiger partial charge < -0.3 is 5.32 Å². The average Bonchev–Trinajstić information content (AvgIpc) is 2.54. The van der Waals surface area contributed by atoms with Gasteiger partial charge in [0.25, 0.3) is 11.6 Å². The van der Waals surface area contributed by atoms with E-state index in [1.807, 2.05) is 12.1 Å². The van der Waals surface area contributed by atoms with Crippen LogP contribution in [0.1, 0.15) is 36.7 Å². The number of nitro benzene ring substituents is 1. The van der Waals surface area contributed by atoms with E-state index in [9.17, 15) is 14.9 Å². The zero-order valence-electron chi connectivity index (χ0n) is 14.2. The van der Waals surface area contributed by atoms with Crippen molar-refractivity contribution in [3.8, 4) is 0 Å². The summed E-state index contributed by atoms with van der Waals surface area (Å²) in [5.74, 6) is -0.320. The molecule has 130 valence electrons. The molecule has 0 heterocycles. The molecule has 25 heavy (non-hydrogen) atoms. The number of rotatable bonds is 3. The van der Waals surface area contributed by atoms with E-state index >= 15 is 0 Å². The van der Waals surface area contributed by atoms with E-state index in [0.717, 1.165) is 5.56 Å². The van der Waals surface area contributed by atoms with Crippen molar-refractivity contribution in [2.45, 2.75) is 26.2 Å². The molecule has 0 aromatic heterocycles. The maximum absolute atomic E-state index is 12.2. The Kier molecular flexibility index (Phi) is 5.48. The second-order valence-electron chi connectivity index (χ2n) is 6.54. The minimum absolute atomic E-state index is 0.0144. The van der Waals surface area contributed by atoms with Crippen molar-refractivity contribution in [3.05, 3.63) is 69.8 Å². The van der Waals surface area contributed by atoms with Gasteiger partial charge in [-0.3, -0.25) is 20.2 Å². The van der Waals surface area contributed by atoms with Gasteiger partial charge in [0, 0.05) is 23.4 Å². The minimum atomic E-state index is -0.481. The van der Waals surface area contributed by atoms with Crippen LogP contribution in [0.4, 0.5) is 11.4 Å². The highest BCUT2D eigenvalue weighted by atomic mass is 32.1. The summed E-state index contributed by atoms with van der Waals surface area (Å²) in [6, 6.07) is 13.1. The maximum Gasteiger partial charge on any atom is 0.269 e. The van der Waals surface area contributed by atoms with Gasteiger partial charge in [-0.1, -0.05) is 32.9 Å². The molecule has 6 nitrogen and oxygen atoms in total. The van der Waals surface area contributed by atoms with Gasteiger partial charge in [-0.2, -0.15) is 0 Å². The number of hydrogen-bond donors (Lipinski definition) is 2. The van der Waals surface area contributed by atoms with Crippen LogP contribution in [-0.2, 0) is 5.41 Å². The molecule has 0 unspecified atom stereocenters. The fraction of sp³-hybridized carbons (Fsp3) is 0.222. The molecule has 0 saturated carbocycles. The number of nitrogens with zero attached hydrogens (tertiary/aromatic N) is 1. The molecule has 0 atom stereocenters. The Morgan fingerprint density at radius 2 is 1.60 bits per heavy atom. The third kappa shape index (κ3) is 5.09. The van der Waals surface area contributed by atoms with Crippen molar-refractivity contribution in [2.75, 3.05) is 5.32 Å². The van der Waals surface area contributed by atoms with E-state index in [1.165, 1.54) is 24.3 Å². The van der Waals surface area contributed by atoms with E-state index in [4.69, 9.17) is 12.2 Å². The number of carbonyl (C=O) groups is 1. The summed E-state index contributed by atoms with van der Waals surface area (Å²) in [7, 11) is 0. The number of thiocarbonyl (C=S) groups is 1. The van der Waals surface area contributed by atoms with Crippen LogP contribution in [0, 0.1) is 10.1 Å². The smallest absolute Gasteiger partial charge is 0.269 e. The van der Waals surface area contributed by atoms with Crippen molar-refractivity contribution in [3.63, 3.8) is 0 Å². The molecule has 0 fully saturated rings. The molecule has 0 aliphatic rings. The van der Waals surface area contributed by atoms with Crippen LogP contribution in [0.5, 0.6) is 0 Å². The van der Waals surface area contributed by atoms with Crippen molar-refractivity contribution >= 4 is 34.6 Å². The molecule has 0 saturated heterocycles. The summed E-state index contributed by atoms with van der Waals surface area (Å²) in [6.07, 6.45) is 0. The van der Waals surface area contributed by atoms with Gasteiger partial charge in [0.2, 0.25) is 0 Å². The number of hydrogen-bond acceptors (Lipinski definition) is 4. The predicted molar refractivity (Wildman–Crippen MR) is 102 cm³/mol. The average molecular weight is 357 g/mol. The van der Waals surface area contributed by atoms with E-state index < -0.39 is 4.92 Å². The van der Waals surface area contributed by atoms with E-state index in [0.29, 0.717) is 11.3 Å². The van der Waals surface area contributed by atoms with Gasteiger partial charge >= 0.3 is 0 Å². The number of benzene rings is 2. The first kappa shape index (κ1) is 18.5. The molecule has 0 bridgehead atoms. The Bertz CT molecular complexity index is 794. The van der Waals surface area contributed by atoms with Crippen molar-refractivity contribution in [2.24, 2.45) is 0 Å². The Morgan fingerprint density at radius 3 is 2.08 bits per heavy atom. The molecule has 7 heteroatoms. The zero-order chi connectivity index (χ0) is 18.6. The third-order valence-corrected chi connectivity index (χ3v) is 3.78. The number of nitro groups is 1. The first-order chi connectivity index (χ1) is 11.7. The van der Waals surface area contributed by atoms with Gasteiger partial charge in [-0.25, -0.2) is 0 Å². The fourth-order valence-corrected chi connectivity index (χ4v) is 2.34. The first-order valence-electron chi connectivity index (χ1n) is 7.64. The summed E-state index contributed by atoms with van der Waals surface area (Å²) < 4.78 is 0. The largest absolute Gasteiger partial charge is 0.332 e. The Balaban J connectivity index is 1.97. The first-order valence-corrected chi connectivity index (χ1v) is 8.05. The molecule has 0 spiro atoms. The summed E-state index contributed by atoms with van der Waals surface area (Å²) in [5.41, 5.74) is 2.19. The lowest BCUT2D eigenvalue weighted by Gasteiger charge is -2.19. The van der Waals surface area contributed by atoms with Crippen LogP contribution < -0.4 is 10.6 Å². The molecule has 2 N–H and O–H groups in total. The van der Waals surface area contributed by atoms with Crippen LogP contribution in [0.2, 0.25) is 0 Å². The van der Waals surface area contributed by atoms with Crippen molar-refractivity contribution in [1.29, 1.82) is 0 Å². The second kappa shape index (κ2) is 7.40. The summed E-state index contributed by atoms with van der Waals surface area (Å²) in [5, 5.41) is 16.2. The lowest BCUT2D eigenvalue weighted by Crippen LogP contribution is -2.34. The van der Waals surface area contributed by atoms with Crippen molar-refractivity contribution < 1.29 is 9.72 Å². The molecule has 0 aliphatic carbocycles. The summed E-state index contributed by atoms with van der Waals surface area (Å²) in [4.78, 5) is 22.4. The standard InChI is InChI=1S/C18H19N3O3S/c1-18(2,3)13-6-4-12(5-7-13)16(22)20-17(25)19-14-8-10-15(11-9-14)21(23)24/h4-11H,1-3H3,(H2,19,20,22,25). The van der Waals surface area contributed by atoms with Gasteiger partial charge in [-0.05, 0) is 47.5 Å². The third-order valence-electron chi connectivity index (χ3n) is 3.58. The summed E-state index contributed by atoms with van der Waals surface area (Å²) >= 11 is 5.10. The lowest BCUT2D eigenvalue weighted by atomic mass is 9.87. The molecule has 2 aromatic carbocycles. The molecule has 0 aliphatic heterocycles. The topological polar surface area (TPSA) is 84.3 Å². The lowest BCUT2D eigenvalue weighted by molar-refractivity contribution is -0.384. The van der Waals surface area contributed by atoms with Crippen LogP contribution in [0.3, 0.4) is 0 Å². The number of non-ortho nitro benzene ring substituents is 1. The number of anilines is 1. The van der Waals surface area contributed by atoms with Gasteiger partial charge in [0.15, 0.2) is 5.11 Å². The van der Waals surface area contributed by atoms with Crippen LogP contribution in [0.25, 0.3) is 0 Å². The Labute approximate surface area is 151 Å². The molecular formula is C18H19N3O3S. The molecule has 0 radical (unpaired) electrons. The van der Waals surface area contributed by atoms with E-state index in [1.54, 1.807) is 12.1 Å². The predicted octanol–water partition coefficient (Wildman–Crippen LogP) is 4.02. The SMILES string of the molecule is CC(C)(C)c1ccc(C(=O)NC(=S)Nc2ccc([N+](=O)[O-])cc2)cc1. The number of carbonyl (C=O) groups excluding carboxylic acids is 1. The summed E-state index contributed by atoms with van der Waals surface area (Å²) in [6.45, 7) is 6.31. The highest BCUT2D eigenvalue weighted by molar-refractivity contribution is 7.80. The van der Waals surface area contributed by atoms with Crippen LogP contribution in [0.15, 0.2) is 48.5 Å². The van der Waals surface area contributed by atoms with Crippen molar-refractivity contribution in [1.82, 2.24) is 5.32 Å².